The summed E-state index contributed by atoms with van der Waals surface area (Å²) in [5, 5.41) is 9.89. The molecule has 2 aromatic heterocycles. The second-order valence-corrected chi connectivity index (χ2v) is 5.36. The fourth-order valence-electron chi connectivity index (χ4n) is 1.54. The first-order valence-electron chi connectivity index (χ1n) is 5.48. The Morgan fingerprint density at radius 1 is 1.38 bits per heavy atom. The number of aryl methyl sites for hydroxylation is 2. The molecule has 0 saturated heterocycles. The summed E-state index contributed by atoms with van der Waals surface area (Å²) in [6, 6.07) is 1.96. The van der Waals surface area contributed by atoms with Gasteiger partial charge in [0.1, 0.15) is 5.82 Å². The van der Waals surface area contributed by atoms with Gasteiger partial charge in [0.25, 0.3) is 0 Å². The van der Waals surface area contributed by atoms with Crippen LogP contribution in [0.25, 0.3) is 5.65 Å². The standard InChI is InChI=1S/C11H16N4S/c1-5-8(3)16-11-14-13-10-6-7(2)12-9(4)15(10)11/h6,8H,5H2,1-4H3/t8-/m0/s1. The molecular formula is C11H16N4S. The van der Waals surface area contributed by atoms with Crippen molar-refractivity contribution in [2.45, 2.75) is 44.5 Å². The molecule has 0 aliphatic rings. The molecule has 0 aliphatic carbocycles. The smallest absolute Gasteiger partial charge is 0.197 e. The van der Waals surface area contributed by atoms with Gasteiger partial charge in [-0.15, -0.1) is 10.2 Å². The van der Waals surface area contributed by atoms with Crippen molar-refractivity contribution >= 4 is 17.4 Å². The SMILES string of the molecule is CC[C@H](C)Sc1nnc2cc(C)nc(C)n12. The van der Waals surface area contributed by atoms with Crippen LogP contribution in [0.15, 0.2) is 11.2 Å². The summed E-state index contributed by atoms with van der Waals surface area (Å²) in [4.78, 5) is 4.44. The Morgan fingerprint density at radius 3 is 2.81 bits per heavy atom. The summed E-state index contributed by atoms with van der Waals surface area (Å²) in [6.07, 6.45) is 1.12. The van der Waals surface area contributed by atoms with E-state index in [0.29, 0.717) is 5.25 Å². The van der Waals surface area contributed by atoms with Crippen LogP contribution in [0.4, 0.5) is 0 Å². The van der Waals surface area contributed by atoms with Crippen LogP contribution >= 0.6 is 11.8 Å². The molecule has 1 atom stereocenters. The second kappa shape index (κ2) is 4.41. The van der Waals surface area contributed by atoms with Crippen molar-refractivity contribution in [2.75, 3.05) is 0 Å². The van der Waals surface area contributed by atoms with E-state index < -0.39 is 0 Å². The van der Waals surface area contributed by atoms with Gasteiger partial charge in [-0.1, -0.05) is 25.6 Å². The zero-order chi connectivity index (χ0) is 11.7. The molecule has 0 aromatic carbocycles. The summed E-state index contributed by atoms with van der Waals surface area (Å²) in [5.74, 6) is 0.950. The Bertz CT molecular complexity index is 506. The summed E-state index contributed by atoms with van der Waals surface area (Å²) >= 11 is 1.75. The normalized spacial score (nSPS) is 13.2. The van der Waals surface area contributed by atoms with Crippen molar-refractivity contribution in [1.82, 2.24) is 19.6 Å². The maximum Gasteiger partial charge on any atom is 0.197 e. The number of nitrogens with zero attached hydrogens (tertiary/aromatic N) is 4. The molecule has 0 saturated carbocycles. The van der Waals surface area contributed by atoms with Crippen molar-refractivity contribution < 1.29 is 0 Å². The average Bonchev–Trinajstić information content (AvgIpc) is 2.61. The largest absolute Gasteiger partial charge is 0.258 e. The quantitative estimate of drug-likeness (QED) is 0.768. The minimum absolute atomic E-state index is 0.549. The molecule has 0 N–H and O–H groups in total. The molecule has 2 rings (SSSR count). The number of aromatic nitrogens is 4. The molecule has 86 valence electrons. The van der Waals surface area contributed by atoms with E-state index in [-0.39, 0.29) is 0 Å². The van der Waals surface area contributed by atoms with E-state index >= 15 is 0 Å². The summed E-state index contributed by atoms with van der Waals surface area (Å²) in [7, 11) is 0. The van der Waals surface area contributed by atoms with Crippen molar-refractivity contribution in [2.24, 2.45) is 0 Å². The maximum absolute atomic E-state index is 4.44. The topological polar surface area (TPSA) is 43.1 Å². The number of fused-ring (bicyclic) bond motifs is 1. The van der Waals surface area contributed by atoms with Gasteiger partial charge in [0, 0.05) is 17.0 Å². The van der Waals surface area contributed by atoms with Crippen LogP contribution < -0.4 is 0 Å². The van der Waals surface area contributed by atoms with Crippen molar-refractivity contribution in [3.05, 3.63) is 17.6 Å². The highest BCUT2D eigenvalue weighted by molar-refractivity contribution is 7.99. The predicted octanol–water partition coefficient (Wildman–Crippen LogP) is 2.63. The zero-order valence-corrected chi connectivity index (χ0v) is 10.9. The third-order valence-electron chi connectivity index (χ3n) is 2.54. The van der Waals surface area contributed by atoms with Crippen molar-refractivity contribution in [3.8, 4) is 0 Å². The number of rotatable bonds is 3. The molecule has 4 nitrogen and oxygen atoms in total. The molecule has 0 aliphatic heterocycles. The first-order chi connectivity index (χ1) is 7.61. The number of hydrogen-bond acceptors (Lipinski definition) is 4. The van der Waals surface area contributed by atoms with Gasteiger partial charge in [0.15, 0.2) is 10.8 Å². The molecule has 0 amide bonds. The fraction of sp³-hybridized carbons (Fsp3) is 0.545. The Labute approximate surface area is 99.5 Å². The first-order valence-corrected chi connectivity index (χ1v) is 6.35. The van der Waals surface area contributed by atoms with E-state index in [1.807, 2.05) is 24.3 Å². The van der Waals surface area contributed by atoms with Crippen LogP contribution in [0.1, 0.15) is 31.8 Å². The molecule has 0 unspecified atom stereocenters. The molecule has 0 spiro atoms. The van der Waals surface area contributed by atoms with E-state index in [1.54, 1.807) is 11.8 Å². The van der Waals surface area contributed by atoms with Crippen LogP contribution in [-0.4, -0.2) is 24.8 Å². The molecule has 0 bridgehead atoms. The highest BCUT2D eigenvalue weighted by atomic mass is 32.2. The Balaban J connectivity index is 2.48. The molecule has 2 heterocycles. The first kappa shape index (κ1) is 11.4. The average molecular weight is 236 g/mol. The van der Waals surface area contributed by atoms with Gasteiger partial charge in [-0.25, -0.2) is 4.98 Å². The van der Waals surface area contributed by atoms with Gasteiger partial charge < -0.3 is 0 Å². The van der Waals surface area contributed by atoms with Gasteiger partial charge in [0.2, 0.25) is 0 Å². The van der Waals surface area contributed by atoms with E-state index in [0.717, 1.165) is 28.7 Å². The highest BCUT2D eigenvalue weighted by Gasteiger charge is 2.12. The monoisotopic (exact) mass is 236 g/mol. The minimum Gasteiger partial charge on any atom is -0.258 e. The molecule has 0 fully saturated rings. The fourth-order valence-corrected chi connectivity index (χ4v) is 2.49. The second-order valence-electron chi connectivity index (χ2n) is 3.96. The van der Waals surface area contributed by atoms with Crippen LogP contribution in [0, 0.1) is 13.8 Å². The highest BCUT2D eigenvalue weighted by Crippen LogP contribution is 2.24. The van der Waals surface area contributed by atoms with Crippen LogP contribution in [-0.2, 0) is 0 Å². The Kier molecular flexibility index (Phi) is 3.14. The van der Waals surface area contributed by atoms with E-state index in [1.165, 1.54) is 0 Å². The Hall–Kier alpha value is -1.10. The molecule has 16 heavy (non-hydrogen) atoms. The van der Waals surface area contributed by atoms with E-state index in [4.69, 9.17) is 0 Å². The van der Waals surface area contributed by atoms with Gasteiger partial charge >= 0.3 is 0 Å². The van der Waals surface area contributed by atoms with Crippen molar-refractivity contribution in [3.63, 3.8) is 0 Å². The zero-order valence-electron chi connectivity index (χ0n) is 10.1. The van der Waals surface area contributed by atoms with Crippen LogP contribution in [0.5, 0.6) is 0 Å². The third-order valence-corrected chi connectivity index (χ3v) is 3.75. The molecule has 5 heteroatoms. The number of thioether (sulfide) groups is 1. The van der Waals surface area contributed by atoms with Gasteiger partial charge in [-0.05, 0) is 20.3 Å². The Morgan fingerprint density at radius 2 is 2.12 bits per heavy atom. The summed E-state index contributed by atoms with van der Waals surface area (Å²) < 4.78 is 2.02. The van der Waals surface area contributed by atoms with Crippen LogP contribution in [0.3, 0.4) is 0 Å². The van der Waals surface area contributed by atoms with Crippen molar-refractivity contribution in [1.29, 1.82) is 0 Å². The lowest BCUT2D eigenvalue weighted by atomic mass is 10.4. The van der Waals surface area contributed by atoms with Gasteiger partial charge in [-0.3, -0.25) is 4.40 Å². The maximum atomic E-state index is 4.44. The van der Waals surface area contributed by atoms with Gasteiger partial charge in [0.05, 0.1) is 0 Å². The lowest BCUT2D eigenvalue weighted by molar-refractivity contribution is 0.836. The molecule has 0 radical (unpaired) electrons. The summed E-state index contributed by atoms with van der Waals surface area (Å²) in [6.45, 7) is 8.34. The van der Waals surface area contributed by atoms with Crippen LogP contribution in [0.2, 0.25) is 0 Å². The minimum atomic E-state index is 0.549. The summed E-state index contributed by atoms with van der Waals surface area (Å²) in [5.41, 5.74) is 1.87. The predicted molar refractivity (Wildman–Crippen MR) is 65.9 cm³/mol. The van der Waals surface area contributed by atoms with Gasteiger partial charge in [-0.2, -0.15) is 0 Å². The number of hydrogen-bond donors (Lipinski definition) is 0. The lowest BCUT2D eigenvalue weighted by Gasteiger charge is -2.07. The molecule has 2 aromatic rings. The van der Waals surface area contributed by atoms with E-state index in [2.05, 4.69) is 29.0 Å². The molecular weight excluding hydrogens is 220 g/mol. The lowest BCUT2D eigenvalue weighted by Crippen LogP contribution is -2.01. The third kappa shape index (κ3) is 2.04. The van der Waals surface area contributed by atoms with E-state index in [9.17, 15) is 0 Å².